The molecule has 7 heteroatoms. The molecule has 2 N–H and O–H groups in total. The van der Waals surface area contributed by atoms with Crippen molar-refractivity contribution in [1.29, 1.82) is 0 Å². The SMILES string of the molecule is CCN(CC(=O)O)C(=O)NCc1cc(C)on1. The molecule has 1 heterocycles. The molecular weight excluding hydrogens is 226 g/mol. The van der Waals surface area contributed by atoms with Crippen LogP contribution in [0.3, 0.4) is 0 Å². The van der Waals surface area contributed by atoms with Crippen LogP contribution >= 0.6 is 0 Å². The van der Waals surface area contributed by atoms with Crippen LogP contribution in [0.15, 0.2) is 10.6 Å². The molecule has 0 saturated heterocycles. The van der Waals surface area contributed by atoms with Gasteiger partial charge in [0.2, 0.25) is 0 Å². The smallest absolute Gasteiger partial charge is 0.323 e. The van der Waals surface area contributed by atoms with Crippen molar-refractivity contribution in [3.8, 4) is 0 Å². The lowest BCUT2D eigenvalue weighted by atomic mass is 10.4. The molecule has 0 aromatic carbocycles. The van der Waals surface area contributed by atoms with Crippen LogP contribution in [0.2, 0.25) is 0 Å². The Bertz CT molecular complexity index is 402. The van der Waals surface area contributed by atoms with Crippen LogP contribution in [-0.2, 0) is 11.3 Å². The van der Waals surface area contributed by atoms with E-state index in [0.717, 1.165) is 0 Å². The first-order valence-electron chi connectivity index (χ1n) is 5.19. The summed E-state index contributed by atoms with van der Waals surface area (Å²) in [6, 6.07) is 1.27. The largest absolute Gasteiger partial charge is 0.480 e. The first kappa shape index (κ1) is 13.0. The first-order valence-corrected chi connectivity index (χ1v) is 5.19. The fourth-order valence-electron chi connectivity index (χ4n) is 1.27. The van der Waals surface area contributed by atoms with E-state index in [-0.39, 0.29) is 13.1 Å². The second kappa shape index (κ2) is 5.88. The molecule has 2 amide bonds. The van der Waals surface area contributed by atoms with E-state index >= 15 is 0 Å². The molecule has 0 aliphatic carbocycles. The van der Waals surface area contributed by atoms with E-state index in [9.17, 15) is 9.59 Å². The summed E-state index contributed by atoms with van der Waals surface area (Å²) in [6.45, 7) is 3.69. The van der Waals surface area contributed by atoms with Gasteiger partial charge in [0.1, 0.15) is 18.0 Å². The summed E-state index contributed by atoms with van der Waals surface area (Å²) in [6.07, 6.45) is 0. The van der Waals surface area contributed by atoms with Crippen molar-refractivity contribution in [2.45, 2.75) is 20.4 Å². The molecule has 1 aromatic heterocycles. The summed E-state index contributed by atoms with van der Waals surface area (Å²) >= 11 is 0. The Labute approximate surface area is 98.4 Å². The van der Waals surface area contributed by atoms with Crippen LogP contribution in [0, 0.1) is 6.92 Å². The van der Waals surface area contributed by atoms with E-state index in [1.807, 2.05) is 0 Å². The Morgan fingerprint density at radius 1 is 1.59 bits per heavy atom. The number of nitrogens with zero attached hydrogens (tertiary/aromatic N) is 2. The molecule has 0 fully saturated rings. The quantitative estimate of drug-likeness (QED) is 0.787. The normalized spacial score (nSPS) is 10.0. The van der Waals surface area contributed by atoms with E-state index in [1.165, 1.54) is 4.90 Å². The molecule has 0 aliphatic rings. The van der Waals surface area contributed by atoms with Crippen LogP contribution < -0.4 is 5.32 Å². The highest BCUT2D eigenvalue weighted by atomic mass is 16.5. The van der Waals surface area contributed by atoms with Crippen LogP contribution in [0.4, 0.5) is 4.79 Å². The van der Waals surface area contributed by atoms with Crippen molar-refractivity contribution in [2.75, 3.05) is 13.1 Å². The number of aliphatic carboxylic acids is 1. The fraction of sp³-hybridized carbons (Fsp3) is 0.500. The van der Waals surface area contributed by atoms with Gasteiger partial charge in [-0.1, -0.05) is 5.16 Å². The third kappa shape index (κ3) is 4.13. The third-order valence-corrected chi connectivity index (χ3v) is 2.09. The minimum Gasteiger partial charge on any atom is -0.480 e. The van der Waals surface area contributed by atoms with Crippen LogP contribution in [0.5, 0.6) is 0 Å². The fourth-order valence-corrected chi connectivity index (χ4v) is 1.27. The highest BCUT2D eigenvalue weighted by molar-refractivity contribution is 5.79. The number of amides is 2. The molecule has 1 aromatic rings. The zero-order valence-corrected chi connectivity index (χ0v) is 9.77. The predicted molar refractivity (Wildman–Crippen MR) is 58.4 cm³/mol. The topological polar surface area (TPSA) is 95.7 Å². The Morgan fingerprint density at radius 3 is 2.76 bits per heavy atom. The van der Waals surface area contributed by atoms with E-state index < -0.39 is 12.0 Å². The second-order valence-corrected chi connectivity index (χ2v) is 3.50. The van der Waals surface area contributed by atoms with Gasteiger partial charge < -0.3 is 19.8 Å². The van der Waals surface area contributed by atoms with Crippen molar-refractivity contribution < 1.29 is 19.2 Å². The van der Waals surface area contributed by atoms with Crippen LogP contribution in [-0.4, -0.2) is 40.3 Å². The summed E-state index contributed by atoms with van der Waals surface area (Å²) < 4.78 is 4.84. The summed E-state index contributed by atoms with van der Waals surface area (Å²) in [7, 11) is 0. The van der Waals surface area contributed by atoms with Crippen molar-refractivity contribution >= 4 is 12.0 Å². The lowest BCUT2D eigenvalue weighted by Gasteiger charge is -2.18. The van der Waals surface area contributed by atoms with Crippen molar-refractivity contribution in [1.82, 2.24) is 15.4 Å². The lowest BCUT2D eigenvalue weighted by Crippen LogP contribution is -2.42. The van der Waals surface area contributed by atoms with Crippen LogP contribution in [0.25, 0.3) is 0 Å². The summed E-state index contributed by atoms with van der Waals surface area (Å²) in [4.78, 5) is 23.3. The molecule has 0 aliphatic heterocycles. The number of carboxylic acid groups (broad SMARTS) is 1. The van der Waals surface area contributed by atoms with E-state index in [2.05, 4.69) is 10.5 Å². The van der Waals surface area contributed by atoms with Crippen molar-refractivity contribution in [2.24, 2.45) is 0 Å². The van der Waals surface area contributed by atoms with Gasteiger partial charge in [0.15, 0.2) is 0 Å². The van der Waals surface area contributed by atoms with Gasteiger partial charge in [-0.15, -0.1) is 0 Å². The minimum atomic E-state index is -1.04. The number of carbonyl (C=O) groups excluding carboxylic acids is 1. The number of hydrogen-bond acceptors (Lipinski definition) is 4. The van der Waals surface area contributed by atoms with Gasteiger partial charge in [-0.2, -0.15) is 0 Å². The minimum absolute atomic E-state index is 0.215. The number of likely N-dealkylation sites (N-methyl/N-ethyl adjacent to an activating group) is 1. The van der Waals surface area contributed by atoms with Gasteiger partial charge in [-0.05, 0) is 13.8 Å². The molecule has 0 saturated carbocycles. The molecule has 1 rings (SSSR count). The zero-order chi connectivity index (χ0) is 12.8. The van der Waals surface area contributed by atoms with Crippen molar-refractivity contribution in [3.63, 3.8) is 0 Å². The van der Waals surface area contributed by atoms with E-state index in [4.69, 9.17) is 9.63 Å². The van der Waals surface area contributed by atoms with Crippen LogP contribution in [0.1, 0.15) is 18.4 Å². The standard InChI is InChI=1S/C10H15N3O4/c1-3-13(6-9(14)15)10(16)11-5-8-4-7(2)17-12-8/h4H,3,5-6H2,1-2H3,(H,11,16)(H,14,15). The molecular formula is C10H15N3O4. The van der Waals surface area contributed by atoms with Gasteiger partial charge in [0.25, 0.3) is 0 Å². The molecule has 0 unspecified atom stereocenters. The van der Waals surface area contributed by atoms with Crippen molar-refractivity contribution in [3.05, 3.63) is 17.5 Å². The van der Waals surface area contributed by atoms with Gasteiger partial charge in [0.05, 0.1) is 6.54 Å². The predicted octanol–water partition coefficient (Wildman–Crippen LogP) is 0.599. The van der Waals surface area contributed by atoms with Gasteiger partial charge in [-0.25, -0.2) is 4.79 Å². The molecule has 17 heavy (non-hydrogen) atoms. The number of aryl methyl sites for hydroxylation is 1. The molecule has 0 radical (unpaired) electrons. The Morgan fingerprint density at radius 2 is 2.29 bits per heavy atom. The molecule has 0 bridgehead atoms. The summed E-state index contributed by atoms with van der Waals surface area (Å²) in [5.41, 5.74) is 0.599. The first-order chi connectivity index (χ1) is 8.02. The summed E-state index contributed by atoms with van der Waals surface area (Å²) in [5.74, 6) is -0.383. The van der Waals surface area contributed by atoms with Gasteiger partial charge >= 0.3 is 12.0 Å². The summed E-state index contributed by atoms with van der Waals surface area (Å²) in [5, 5.41) is 14.9. The third-order valence-electron chi connectivity index (χ3n) is 2.09. The maximum Gasteiger partial charge on any atom is 0.323 e. The number of aromatic nitrogens is 1. The number of carbonyl (C=O) groups is 2. The van der Waals surface area contributed by atoms with E-state index in [1.54, 1.807) is 19.9 Å². The molecule has 0 spiro atoms. The maximum absolute atomic E-state index is 11.6. The number of rotatable bonds is 5. The number of carboxylic acids is 1. The van der Waals surface area contributed by atoms with Gasteiger partial charge in [0, 0.05) is 12.6 Å². The molecule has 94 valence electrons. The highest BCUT2D eigenvalue weighted by Crippen LogP contribution is 2.01. The molecule has 7 nitrogen and oxygen atoms in total. The Kier molecular flexibility index (Phi) is 4.50. The maximum atomic E-state index is 11.6. The number of hydrogen-bond donors (Lipinski definition) is 2. The van der Waals surface area contributed by atoms with Gasteiger partial charge in [-0.3, -0.25) is 4.79 Å². The lowest BCUT2D eigenvalue weighted by molar-refractivity contribution is -0.137. The average molecular weight is 241 g/mol. The Balaban J connectivity index is 2.44. The highest BCUT2D eigenvalue weighted by Gasteiger charge is 2.14. The molecule has 0 atom stereocenters. The number of nitrogens with one attached hydrogen (secondary N) is 1. The monoisotopic (exact) mass is 241 g/mol. The zero-order valence-electron chi connectivity index (χ0n) is 9.77. The Hall–Kier alpha value is -2.05. The second-order valence-electron chi connectivity index (χ2n) is 3.50. The number of urea groups is 1. The average Bonchev–Trinajstić information content (AvgIpc) is 2.68. The van der Waals surface area contributed by atoms with E-state index in [0.29, 0.717) is 18.0 Å².